The second-order valence-corrected chi connectivity index (χ2v) is 2.70. The van der Waals surface area contributed by atoms with Gasteiger partial charge in [-0.1, -0.05) is 21.3 Å². The maximum atomic E-state index is 2.19. The van der Waals surface area contributed by atoms with Crippen LogP contribution in [-0.2, 0) is 0 Å². The average Bonchev–Trinajstić information content (AvgIpc) is 1.38. The first-order valence-corrected chi connectivity index (χ1v) is 3.09. The second kappa shape index (κ2) is 5.35. The van der Waals surface area contributed by atoms with Gasteiger partial charge in [0.05, 0.1) is 0 Å². The lowest BCUT2D eigenvalue weighted by atomic mass is 10.6. The van der Waals surface area contributed by atoms with E-state index in [0.717, 1.165) is 5.25 Å². The van der Waals surface area contributed by atoms with Crippen molar-refractivity contribution in [2.45, 2.75) is 26.5 Å². The summed E-state index contributed by atoms with van der Waals surface area (Å²) >= 11 is 1.88. The molecule has 0 spiro atoms. The Balaban J connectivity index is 0. The molecule has 0 aliphatic heterocycles. The summed E-state index contributed by atoms with van der Waals surface area (Å²) in [6, 6.07) is 0. The van der Waals surface area contributed by atoms with Crippen molar-refractivity contribution in [2.75, 3.05) is 6.26 Å². The standard InChI is InChI=1S/C4H10S.CH4/c1-4(2)5-3;/h4H,1-3H3;1H4. The highest BCUT2D eigenvalue weighted by Gasteiger charge is 1.80. The lowest BCUT2D eigenvalue weighted by Crippen LogP contribution is -1.79. The molecule has 0 aromatic rings. The lowest BCUT2D eigenvalue weighted by Gasteiger charge is -1.90. The van der Waals surface area contributed by atoms with E-state index in [1.54, 1.807) is 0 Å². The highest BCUT2D eigenvalue weighted by atomic mass is 32.2. The minimum absolute atomic E-state index is 0. The van der Waals surface area contributed by atoms with E-state index in [-0.39, 0.29) is 7.43 Å². The van der Waals surface area contributed by atoms with E-state index in [9.17, 15) is 0 Å². The Hall–Kier alpha value is 0.350. The van der Waals surface area contributed by atoms with Gasteiger partial charge in [-0.15, -0.1) is 0 Å². The normalized spacial score (nSPS) is 8.00. The summed E-state index contributed by atoms with van der Waals surface area (Å²) in [5.41, 5.74) is 0. The summed E-state index contributed by atoms with van der Waals surface area (Å²) in [6.07, 6.45) is 2.12. The zero-order valence-electron chi connectivity index (χ0n) is 3.99. The molecule has 0 atom stereocenters. The number of hydrogen-bond acceptors (Lipinski definition) is 1. The SMILES string of the molecule is C.CSC(C)C. The van der Waals surface area contributed by atoms with Crippen LogP contribution in [-0.4, -0.2) is 11.5 Å². The largest absolute Gasteiger partial charge is 0.163 e. The van der Waals surface area contributed by atoms with Gasteiger partial charge in [0.2, 0.25) is 0 Å². The fourth-order valence-corrected chi connectivity index (χ4v) is 0. The van der Waals surface area contributed by atoms with E-state index in [4.69, 9.17) is 0 Å². The van der Waals surface area contributed by atoms with E-state index in [0.29, 0.717) is 0 Å². The molecular formula is C5H14S. The van der Waals surface area contributed by atoms with Crippen LogP contribution >= 0.6 is 11.8 Å². The second-order valence-electron chi connectivity index (χ2n) is 1.28. The first-order chi connectivity index (χ1) is 2.27. The van der Waals surface area contributed by atoms with Gasteiger partial charge in [0, 0.05) is 0 Å². The molecule has 6 heavy (non-hydrogen) atoms. The van der Waals surface area contributed by atoms with Gasteiger partial charge in [0.15, 0.2) is 0 Å². The first kappa shape index (κ1) is 9.61. The molecule has 0 rings (SSSR count). The fourth-order valence-electron chi connectivity index (χ4n) is 0. The van der Waals surface area contributed by atoms with Crippen molar-refractivity contribution in [3.05, 3.63) is 0 Å². The van der Waals surface area contributed by atoms with Crippen molar-refractivity contribution in [3.8, 4) is 0 Å². The molecular weight excluding hydrogens is 92.1 g/mol. The van der Waals surface area contributed by atoms with Crippen LogP contribution in [0.25, 0.3) is 0 Å². The third-order valence-electron chi connectivity index (χ3n) is 0.471. The van der Waals surface area contributed by atoms with Crippen LogP contribution < -0.4 is 0 Å². The molecule has 0 aromatic heterocycles. The highest BCUT2D eigenvalue weighted by molar-refractivity contribution is 7.99. The minimum atomic E-state index is 0. The predicted octanol–water partition coefficient (Wildman–Crippen LogP) is 2.39. The molecule has 0 aromatic carbocycles. The maximum Gasteiger partial charge on any atom is -0.00125 e. The fraction of sp³-hybridized carbons (Fsp3) is 1.00. The number of thioether (sulfide) groups is 1. The van der Waals surface area contributed by atoms with Crippen molar-refractivity contribution in [3.63, 3.8) is 0 Å². The Morgan fingerprint density at radius 3 is 1.50 bits per heavy atom. The van der Waals surface area contributed by atoms with Crippen molar-refractivity contribution in [1.82, 2.24) is 0 Å². The molecule has 0 aliphatic carbocycles. The van der Waals surface area contributed by atoms with Gasteiger partial charge in [-0.05, 0) is 11.5 Å². The van der Waals surface area contributed by atoms with Gasteiger partial charge < -0.3 is 0 Å². The molecule has 40 valence electrons. The van der Waals surface area contributed by atoms with Crippen molar-refractivity contribution in [1.29, 1.82) is 0 Å². The molecule has 0 saturated carbocycles. The predicted molar refractivity (Wildman–Crippen MR) is 35.4 cm³/mol. The summed E-state index contributed by atoms with van der Waals surface area (Å²) in [5.74, 6) is 0. The van der Waals surface area contributed by atoms with Crippen LogP contribution in [0.5, 0.6) is 0 Å². The molecule has 0 nitrogen and oxygen atoms in total. The van der Waals surface area contributed by atoms with Gasteiger partial charge in [0.1, 0.15) is 0 Å². The Labute approximate surface area is 45.3 Å². The number of rotatable bonds is 1. The summed E-state index contributed by atoms with van der Waals surface area (Å²) in [7, 11) is 0. The van der Waals surface area contributed by atoms with Crippen molar-refractivity contribution < 1.29 is 0 Å². The summed E-state index contributed by atoms with van der Waals surface area (Å²) in [6.45, 7) is 4.37. The number of hydrogen-bond donors (Lipinski definition) is 0. The summed E-state index contributed by atoms with van der Waals surface area (Å²) < 4.78 is 0. The molecule has 0 unspecified atom stereocenters. The average molecular weight is 106 g/mol. The van der Waals surface area contributed by atoms with Gasteiger partial charge in [-0.2, -0.15) is 11.8 Å². The van der Waals surface area contributed by atoms with Gasteiger partial charge in [0.25, 0.3) is 0 Å². The van der Waals surface area contributed by atoms with E-state index < -0.39 is 0 Å². The van der Waals surface area contributed by atoms with Crippen LogP contribution in [0.2, 0.25) is 0 Å². The molecule has 0 bridgehead atoms. The van der Waals surface area contributed by atoms with Gasteiger partial charge >= 0.3 is 0 Å². The van der Waals surface area contributed by atoms with Gasteiger partial charge in [-0.3, -0.25) is 0 Å². The van der Waals surface area contributed by atoms with Crippen LogP contribution in [0, 0.1) is 0 Å². The Kier molecular flexibility index (Phi) is 8.56. The summed E-state index contributed by atoms with van der Waals surface area (Å²) in [5, 5.41) is 0.801. The minimum Gasteiger partial charge on any atom is -0.163 e. The smallest absolute Gasteiger partial charge is 0.00125 e. The molecule has 0 fully saturated rings. The Bertz CT molecular complexity index is 17.9. The first-order valence-electron chi connectivity index (χ1n) is 1.80. The molecule has 0 heterocycles. The third-order valence-corrected chi connectivity index (χ3v) is 1.41. The van der Waals surface area contributed by atoms with Crippen LogP contribution in [0.1, 0.15) is 21.3 Å². The zero-order valence-corrected chi connectivity index (χ0v) is 4.80. The molecule has 0 N–H and O–H groups in total. The Morgan fingerprint density at radius 1 is 1.33 bits per heavy atom. The lowest BCUT2D eigenvalue weighted by molar-refractivity contribution is 1.12. The van der Waals surface area contributed by atoms with E-state index in [1.165, 1.54) is 0 Å². The molecule has 0 saturated heterocycles. The molecule has 0 aliphatic rings. The third kappa shape index (κ3) is 8.84. The van der Waals surface area contributed by atoms with E-state index >= 15 is 0 Å². The zero-order chi connectivity index (χ0) is 4.28. The quantitative estimate of drug-likeness (QED) is 0.494. The highest BCUT2D eigenvalue weighted by Crippen LogP contribution is 2.00. The molecule has 1 heteroatoms. The van der Waals surface area contributed by atoms with E-state index in [2.05, 4.69) is 20.1 Å². The molecule has 0 radical (unpaired) electrons. The van der Waals surface area contributed by atoms with Crippen molar-refractivity contribution in [2.24, 2.45) is 0 Å². The van der Waals surface area contributed by atoms with Crippen LogP contribution in [0.4, 0.5) is 0 Å². The van der Waals surface area contributed by atoms with Crippen molar-refractivity contribution >= 4 is 11.8 Å². The van der Waals surface area contributed by atoms with E-state index in [1.807, 2.05) is 11.8 Å². The van der Waals surface area contributed by atoms with Crippen LogP contribution in [0.3, 0.4) is 0 Å². The summed E-state index contributed by atoms with van der Waals surface area (Å²) in [4.78, 5) is 0. The molecule has 0 amide bonds. The maximum absolute atomic E-state index is 2.19. The monoisotopic (exact) mass is 106 g/mol. The Morgan fingerprint density at radius 2 is 1.50 bits per heavy atom. The van der Waals surface area contributed by atoms with Crippen LogP contribution in [0.15, 0.2) is 0 Å². The topological polar surface area (TPSA) is 0 Å². The van der Waals surface area contributed by atoms with Gasteiger partial charge in [-0.25, -0.2) is 0 Å².